The van der Waals surface area contributed by atoms with Crippen molar-refractivity contribution in [2.45, 2.75) is 24.2 Å². The van der Waals surface area contributed by atoms with Crippen LogP contribution in [0.2, 0.25) is 0 Å². The van der Waals surface area contributed by atoms with Gasteiger partial charge < -0.3 is 10.1 Å². The lowest BCUT2D eigenvalue weighted by Gasteiger charge is -2.11. The van der Waals surface area contributed by atoms with Crippen LogP contribution in [0.15, 0.2) is 70.6 Å². The van der Waals surface area contributed by atoms with Gasteiger partial charge in [-0.15, -0.1) is 18.3 Å². The average Bonchev–Trinajstić information content (AvgIpc) is 3.24. The molecule has 1 amide bonds. The lowest BCUT2D eigenvalue weighted by Crippen LogP contribution is -2.17. The maximum Gasteiger partial charge on any atom is 0.573 e. The van der Waals surface area contributed by atoms with E-state index in [1.54, 1.807) is 30.6 Å². The predicted octanol–water partition coefficient (Wildman–Crippen LogP) is 5.57. The van der Waals surface area contributed by atoms with Gasteiger partial charge in [0.25, 0.3) is 5.91 Å². The van der Waals surface area contributed by atoms with Crippen molar-refractivity contribution >= 4 is 39.3 Å². The Labute approximate surface area is 210 Å². The number of nitrogens with zero attached hydrogens (tertiary/aromatic N) is 5. The zero-order chi connectivity index (χ0) is 25.0. The number of carbonyl (C=O) groups is 1. The molecule has 0 unspecified atom stereocenters. The number of thioether (sulfide) groups is 1. The molecule has 4 rings (SSSR count). The number of aromatic nitrogens is 5. The zero-order valence-corrected chi connectivity index (χ0v) is 20.4. The molecule has 0 fully saturated rings. The van der Waals surface area contributed by atoms with Crippen molar-refractivity contribution in [1.82, 2.24) is 25.0 Å². The summed E-state index contributed by atoms with van der Waals surface area (Å²) in [6.45, 7) is 1.85. The molecule has 2 heterocycles. The van der Waals surface area contributed by atoms with E-state index in [-0.39, 0.29) is 17.2 Å². The molecule has 0 aliphatic carbocycles. The number of alkyl halides is 3. The molecular weight excluding hydrogens is 549 g/mol. The van der Waals surface area contributed by atoms with Crippen LogP contribution in [0.3, 0.4) is 0 Å². The summed E-state index contributed by atoms with van der Waals surface area (Å²) < 4.78 is 43.7. The molecule has 0 spiro atoms. The maximum absolute atomic E-state index is 13.1. The highest BCUT2D eigenvalue weighted by Crippen LogP contribution is 2.27. The standard InChI is InChI=1S/C22H16BrF3N6O2S/c1-13-11-14(23)3-8-17(13)29-20(33)19-18(12-35-21-27-9-2-10-28-21)32(31-30-19)15-4-6-16(7-5-15)34-22(24,25)26/h2-11H,12H2,1H3,(H,29,33). The van der Waals surface area contributed by atoms with Gasteiger partial charge in [-0.2, -0.15) is 0 Å². The maximum atomic E-state index is 13.1. The van der Waals surface area contributed by atoms with Gasteiger partial charge in [0.15, 0.2) is 10.9 Å². The number of benzene rings is 2. The van der Waals surface area contributed by atoms with Gasteiger partial charge in [0.2, 0.25) is 0 Å². The Hall–Kier alpha value is -3.45. The quantitative estimate of drug-likeness (QED) is 0.231. The van der Waals surface area contributed by atoms with Crippen molar-refractivity contribution in [2.75, 3.05) is 5.32 Å². The molecule has 4 aromatic rings. The molecule has 2 aromatic carbocycles. The first-order valence-corrected chi connectivity index (χ1v) is 11.8. The molecule has 180 valence electrons. The Morgan fingerprint density at radius 1 is 1.14 bits per heavy atom. The van der Waals surface area contributed by atoms with Crippen LogP contribution in [0, 0.1) is 6.92 Å². The van der Waals surface area contributed by atoms with Crippen LogP contribution in [0.1, 0.15) is 21.7 Å². The average molecular weight is 565 g/mol. The van der Waals surface area contributed by atoms with Gasteiger partial charge in [-0.3, -0.25) is 4.79 Å². The second-order valence-electron chi connectivity index (χ2n) is 7.07. The molecule has 1 N–H and O–H groups in total. The molecule has 13 heteroatoms. The van der Waals surface area contributed by atoms with Gasteiger partial charge in [-0.1, -0.05) is 32.9 Å². The molecule has 8 nitrogen and oxygen atoms in total. The molecule has 0 radical (unpaired) electrons. The fourth-order valence-corrected chi connectivity index (χ4v) is 4.32. The minimum Gasteiger partial charge on any atom is -0.406 e. The lowest BCUT2D eigenvalue weighted by atomic mass is 10.2. The SMILES string of the molecule is Cc1cc(Br)ccc1NC(=O)c1nnn(-c2ccc(OC(F)(F)F)cc2)c1CSc1ncccn1. The normalized spacial score (nSPS) is 11.3. The van der Waals surface area contributed by atoms with Gasteiger partial charge in [0.05, 0.1) is 11.4 Å². The number of rotatable bonds is 7. The van der Waals surface area contributed by atoms with E-state index in [9.17, 15) is 18.0 Å². The summed E-state index contributed by atoms with van der Waals surface area (Å²) in [6.07, 6.45) is -1.62. The van der Waals surface area contributed by atoms with Gasteiger partial charge in [0.1, 0.15) is 5.75 Å². The third-order valence-corrected chi connectivity index (χ3v) is 5.99. The molecule has 0 saturated heterocycles. The Bertz CT molecular complexity index is 1330. The van der Waals surface area contributed by atoms with E-state index in [1.807, 2.05) is 13.0 Å². The fourth-order valence-electron chi connectivity index (χ4n) is 3.05. The number of halogens is 4. The first kappa shape index (κ1) is 24.7. The van der Waals surface area contributed by atoms with Crippen molar-refractivity contribution in [3.63, 3.8) is 0 Å². The monoisotopic (exact) mass is 564 g/mol. The van der Waals surface area contributed by atoms with E-state index in [0.717, 1.165) is 22.2 Å². The number of nitrogens with one attached hydrogen (secondary N) is 1. The van der Waals surface area contributed by atoms with E-state index in [1.165, 1.54) is 28.6 Å². The van der Waals surface area contributed by atoms with Gasteiger partial charge >= 0.3 is 6.36 Å². The van der Waals surface area contributed by atoms with Crippen molar-refractivity contribution in [1.29, 1.82) is 0 Å². The van der Waals surface area contributed by atoms with Crippen molar-refractivity contribution < 1.29 is 22.7 Å². The Balaban J connectivity index is 1.65. The molecule has 0 saturated carbocycles. The highest BCUT2D eigenvalue weighted by molar-refractivity contribution is 9.10. The van der Waals surface area contributed by atoms with E-state index in [2.05, 4.69) is 46.3 Å². The first-order valence-electron chi connectivity index (χ1n) is 9.98. The van der Waals surface area contributed by atoms with E-state index in [4.69, 9.17) is 0 Å². The van der Waals surface area contributed by atoms with Crippen molar-refractivity contribution in [3.05, 3.63) is 82.3 Å². The fraction of sp³-hybridized carbons (Fsp3) is 0.136. The topological polar surface area (TPSA) is 94.8 Å². The zero-order valence-electron chi connectivity index (χ0n) is 18.0. The second-order valence-corrected chi connectivity index (χ2v) is 8.93. The molecular formula is C22H16BrF3N6O2S. The summed E-state index contributed by atoms with van der Waals surface area (Å²) >= 11 is 4.65. The molecule has 0 aliphatic heterocycles. The van der Waals surface area contributed by atoms with Gasteiger partial charge in [-0.25, -0.2) is 14.6 Å². The molecule has 2 aromatic heterocycles. The van der Waals surface area contributed by atoms with Gasteiger partial charge in [0, 0.05) is 28.3 Å². The van der Waals surface area contributed by atoms with Crippen LogP contribution < -0.4 is 10.1 Å². The van der Waals surface area contributed by atoms with Crippen LogP contribution in [0.5, 0.6) is 5.75 Å². The summed E-state index contributed by atoms with van der Waals surface area (Å²) in [5.41, 5.74) is 2.32. The third-order valence-electron chi connectivity index (χ3n) is 4.61. The highest BCUT2D eigenvalue weighted by atomic mass is 79.9. The van der Waals surface area contributed by atoms with E-state index < -0.39 is 12.3 Å². The smallest absolute Gasteiger partial charge is 0.406 e. The number of carbonyl (C=O) groups excluding carboxylic acids is 1. The first-order chi connectivity index (χ1) is 16.7. The predicted molar refractivity (Wildman–Crippen MR) is 126 cm³/mol. The Morgan fingerprint density at radius 2 is 1.86 bits per heavy atom. The highest BCUT2D eigenvalue weighted by Gasteiger charge is 2.31. The summed E-state index contributed by atoms with van der Waals surface area (Å²) in [5.74, 6) is -0.637. The van der Waals surface area contributed by atoms with Crippen LogP contribution in [-0.4, -0.2) is 37.2 Å². The van der Waals surface area contributed by atoms with Crippen LogP contribution in [-0.2, 0) is 5.75 Å². The van der Waals surface area contributed by atoms with Crippen LogP contribution in [0.25, 0.3) is 5.69 Å². The van der Waals surface area contributed by atoms with Crippen LogP contribution >= 0.6 is 27.7 Å². The van der Waals surface area contributed by atoms with Crippen molar-refractivity contribution in [3.8, 4) is 11.4 Å². The summed E-state index contributed by atoms with van der Waals surface area (Å²) in [6, 6.07) is 12.2. The largest absolute Gasteiger partial charge is 0.573 e. The minimum absolute atomic E-state index is 0.0615. The summed E-state index contributed by atoms with van der Waals surface area (Å²) in [7, 11) is 0. The molecule has 0 bridgehead atoms. The second kappa shape index (κ2) is 10.4. The Kier molecular flexibility index (Phi) is 7.36. The molecule has 0 aliphatic rings. The van der Waals surface area contributed by atoms with Crippen LogP contribution in [0.4, 0.5) is 18.9 Å². The number of amides is 1. The number of hydrogen-bond acceptors (Lipinski definition) is 7. The summed E-state index contributed by atoms with van der Waals surface area (Å²) in [4.78, 5) is 21.4. The lowest BCUT2D eigenvalue weighted by molar-refractivity contribution is -0.274. The number of hydrogen-bond donors (Lipinski definition) is 1. The van der Waals surface area contributed by atoms with E-state index in [0.29, 0.717) is 22.2 Å². The van der Waals surface area contributed by atoms with Crippen molar-refractivity contribution in [2.24, 2.45) is 0 Å². The molecule has 35 heavy (non-hydrogen) atoms. The minimum atomic E-state index is -4.80. The number of aryl methyl sites for hydroxylation is 1. The summed E-state index contributed by atoms with van der Waals surface area (Å²) in [5, 5.41) is 11.4. The molecule has 0 atom stereocenters. The number of anilines is 1. The Morgan fingerprint density at radius 3 is 2.51 bits per heavy atom. The van der Waals surface area contributed by atoms with E-state index >= 15 is 0 Å². The third kappa shape index (κ3) is 6.36. The van der Waals surface area contributed by atoms with Gasteiger partial charge in [-0.05, 0) is 61.0 Å². The number of ether oxygens (including phenoxy) is 1.